The van der Waals surface area contributed by atoms with Gasteiger partial charge in [-0.3, -0.25) is 0 Å². The van der Waals surface area contributed by atoms with Crippen molar-refractivity contribution in [2.24, 2.45) is 5.41 Å². The highest BCUT2D eigenvalue weighted by molar-refractivity contribution is 7.12. The van der Waals surface area contributed by atoms with Crippen molar-refractivity contribution in [2.75, 3.05) is 39.6 Å². The van der Waals surface area contributed by atoms with Crippen molar-refractivity contribution in [3.05, 3.63) is 9.75 Å². The zero-order valence-electron chi connectivity index (χ0n) is 21.3. The maximum Gasteiger partial charge on any atom is 0.175 e. The van der Waals surface area contributed by atoms with E-state index in [9.17, 15) is 0 Å². The third kappa shape index (κ3) is 9.61. The normalized spacial score (nSPS) is 15.1. The van der Waals surface area contributed by atoms with E-state index in [0.29, 0.717) is 26.4 Å². The van der Waals surface area contributed by atoms with E-state index in [-0.39, 0.29) is 5.41 Å². The minimum absolute atomic E-state index is 0.250. The number of thiophene rings is 1. The van der Waals surface area contributed by atoms with Crippen molar-refractivity contribution in [2.45, 2.75) is 105 Å². The monoisotopic (exact) mass is 468 g/mol. The van der Waals surface area contributed by atoms with Gasteiger partial charge < -0.3 is 18.9 Å². The van der Waals surface area contributed by atoms with Gasteiger partial charge in [-0.25, -0.2) is 0 Å². The van der Waals surface area contributed by atoms with Crippen LogP contribution in [0.15, 0.2) is 0 Å². The molecule has 0 saturated carbocycles. The summed E-state index contributed by atoms with van der Waals surface area (Å²) in [5.41, 5.74) is -0.250. The number of unbranched alkanes of at least 4 members (excludes halogenated alkanes) is 10. The molecule has 0 spiro atoms. The molecule has 2 rings (SSSR count). The molecule has 5 heteroatoms. The van der Waals surface area contributed by atoms with Gasteiger partial charge in [-0.1, -0.05) is 78.1 Å². The Balaban J connectivity index is 1.79. The van der Waals surface area contributed by atoms with E-state index in [1.165, 1.54) is 74.0 Å². The molecule has 0 atom stereocenters. The first-order valence-corrected chi connectivity index (χ1v) is 13.9. The fourth-order valence-corrected chi connectivity index (χ4v) is 5.17. The van der Waals surface area contributed by atoms with Gasteiger partial charge in [-0.2, -0.15) is 0 Å². The number of fused-ring (bicyclic) bond motifs is 1. The van der Waals surface area contributed by atoms with Gasteiger partial charge in [0, 0.05) is 23.0 Å². The van der Waals surface area contributed by atoms with Gasteiger partial charge in [0.05, 0.1) is 18.6 Å². The third-order valence-corrected chi connectivity index (χ3v) is 7.28. The van der Waals surface area contributed by atoms with Crippen LogP contribution in [0.2, 0.25) is 0 Å². The van der Waals surface area contributed by atoms with E-state index in [1.807, 2.05) is 0 Å². The Morgan fingerprint density at radius 1 is 0.656 bits per heavy atom. The maximum atomic E-state index is 6.29. The molecule has 0 unspecified atom stereocenters. The molecule has 1 aliphatic heterocycles. The topological polar surface area (TPSA) is 36.9 Å². The quantitative estimate of drug-likeness (QED) is 0.205. The van der Waals surface area contributed by atoms with Gasteiger partial charge in [0.25, 0.3) is 0 Å². The van der Waals surface area contributed by atoms with Crippen LogP contribution in [0.1, 0.15) is 101 Å². The van der Waals surface area contributed by atoms with Crippen molar-refractivity contribution in [3.63, 3.8) is 0 Å². The molecule has 2 heterocycles. The lowest BCUT2D eigenvalue weighted by molar-refractivity contribution is -0.0606. The summed E-state index contributed by atoms with van der Waals surface area (Å²) >= 11 is 1.75. The SMILES string of the molecule is CCCCCCCCOCC1(COCCCCCCCC)COc2c(C)sc(C)c2OC1. The second-order valence-corrected chi connectivity index (χ2v) is 11.0. The summed E-state index contributed by atoms with van der Waals surface area (Å²) in [5.74, 6) is 1.84. The second kappa shape index (κ2) is 16.0. The molecule has 0 amide bonds. The molecule has 0 radical (unpaired) electrons. The highest BCUT2D eigenvalue weighted by Crippen LogP contribution is 2.44. The van der Waals surface area contributed by atoms with Gasteiger partial charge in [-0.15, -0.1) is 11.3 Å². The molecule has 0 aliphatic carbocycles. The van der Waals surface area contributed by atoms with Crippen LogP contribution in [0.25, 0.3) is 0 Å². The highest BCUT2D eigenvalue weighted by Gasteiger charge is 2.37. The Morgan fingerprint density at radius 2 is 1.06 bits per heavy atom. The summed E-state index contributed by atoms with van der Waals surface area (Å²) < 4.78 is 24.9. The summed E-state index contributed by atoms with van der Waals surface area (Å²) in [6.07, 6.45) is 15.4. The molecule has 0 saturated heterocycles. The van der Waals surface area contributed by atoms with Crippen molar-refractivity contribution in [1.82, 2.24) is 0 Å². The first-order valence-electron chi connectivity index (χ1n) is 13.1. The van der Waals surface area contributed by atoms with E-state index in [2.05, 4.69) is 27.7 Å². The fraction of sp³-hybridized carbons (Fsp3) is 0.852. The maximum absolute atomic E-state index is 6.29. The molecule has 1 aromatic heterocycles. The molecular weight excluding hydrogens is 420 g/mol. The van der Waals surface area contributed by atoms with Crippen LogP contribution in [0.4, 0.5) is 0 Å². The first-order chi connectivity index (χ1) is 15.6. The highest BCUT2D eigenvalue weighted by atomic mass is 32.1. The Hall–Kier alpha value is -0.780. The number of rotatable bonds is 18. The zero-order chi connectivity index (χ0) is 23.1. The summed E-state index contributed by atoms with van der Waals surface area (Å²) in [6.45, 7) is 12.8. The van der Waals surface area contributed by atoms with Gasteiger partial charge in [0.2, 0.25) is 0 Å². The average molecular weight is 469 g/mol. The fourth-order valence-electron chi connectivity index (χ4n) is 4.22. The van der Waals surface area contributed by atoms with Crippen LogP contribution >= 0.6 is 11.3 Å². The number of hydrogen-bond acceptors (Lipinski definition) is 5. The minimum Gasteiger partial charge on any atom is -0.488 e. The van der Waals surface area contributed by atoms with Gasteiger partial charge in [0.15, 0.2) is 11.5 Å². The van der Waals surface area contributed by atoms with Crippen LogP contribution < -0.4 is 9.47 Å². The van der Waals surface area contributed by atoms with Crippen LogP contribution in [-0.2, 0) is 9.47 Å². The largest absolute Gasteiger partial charge is 0.488 e. The van der Waals surface area contributed by atoms with Crippen LogP contribution in [0.3, 0.4) is 0 Å². The smallest absolute Gasteiger partial charge is 0.175 e. The number of hydrogen-bond donors (Lipinski definition) is 0. The van der Waals surface area contributed by atoms with Crippen molar-refractivity contribution >= 4 is 11.3 Å². The standard InChI is InChI=1S/C27H48O4S/c1-5-7-9-11-13-15-17-28-19-27(20-29-18-16-14-12-10-8-6-2)21-30-25-23(3)32-24(4)26(25)31-22-27/h5-22H2,1-4H3. The zero-order valence-corrected chi connectivity index (χ0v) is 22.1. The molecule has 186 valence electrons. The van der Waals surface area contributed by atoms with Crippen LogP contribution in [0.5, 0.6) is 11.5 Å². The molecule has 0 N–H and O–H groups in total. The second-order valence-electron chi connectivity index (χ2n) is 9.59. The lowest BCUT2D eigenvalue weighted by Gasteiger charge is -2.30. The molecule has 0 bridgehead atoms. The van der Waals surface area contributed by atoms with Gasteiger partial charge in [0.1, 0.15) is 13.2 Å². The third-order valence-electron chi connectivity index (χ3n) is 6.30. The average Bonchev–Trinajstić information content (AvgIpc) is 2.94. The van der Waals surface area contributed by atoms with Crippen molar-refractivity contribution in [1.29, 1.82) is 0 Å². The molecule has 1 aliphatic rings. The van der Waals surface area contributed by atoms with E-state index in [4.69, 9.17) is 18.9 Å². The summed E-state index contributed by atoms with van der Waals surface area (Å²) in [4.78, 5) is 2.38. The van der Waals surface area contributed by atoms with E-state index < -0.39 is 0 Å². The Bertz CT molecular complexity index is 563. The summed E-state index contributed by atoms with van der Waals surface area (Å²) in [6, 6.07) is 0. The Labute approximate surface area is 201 Å². The summed E-state index contributed by atoms with van der Waals surface area (Å²) in [5, 5.41) is 0. The van der Waals surface area contributed by atoms with Crippen molar-refractivity contribution in [3.8, 4) is 11.5 Å². The number of aryl methyl sites for hydroxylation is 2. The molecule has 32 heavy (non-hydrogen) atoms. The Kier molecular flexibility index (Phi) is 13.7. The minimum atomic E-state index is -0.250. The molecule has 0 aromatic carbocycles. The van der Waals surface area contributed by atoms with E-state index in [0.717, 1.165) is 37.6 Å². The van der Waals surface area contributed by atoms with E-state index >= 15 is 0 Å². The van der Waals surface area contributed by atoms with Crippen LogP contribution in [0, 0.1) is 19.3 Å². The molecule has 4 nitrogen and oxygen atoms in total. The van der Waals surface area contributed by atoms with Crippen LogP contribution in [-0.4, -0.2) is 39.6 Å². The summed E-state index contributed by atoms with van der Waals surface area (Å²) in [7, 11) is 0. The molecule has 1 aromatic rings. The Morgan fingerprint density at radius 3 is 1.50 bits per heavy atom. The van der Waals surface area contributed by atoms with Gasteiger partial charge >= 0.3 is 0 Å². The molecular formula is C27H48O4S. The number of ether oxygens (including phenoxy) is 4. The van der Waals surface area contributed by atoms with E-state index in [1.54, 1.807) is 11.3 Å². The first kappa shape index (κ1) is 27.5. The lowest BCUT2D eigenvalue weighted by Crippen LogP contribution is -2.42. The predicted molar refractivity (Wildman–Crippen MR) is 136 cm³/mol. The predicted octanol–water partition coefficient (Wildman–Crippen LogP) is 7.88. The van der Waals surface area contributed by atoms with Gasteiger partial charge in [-0.05, 0) is 26.7 Å². The lowest BCUT2D eigenvalue weighted by atomic mass is 9.92. The van der Waals surface area contributed by atoms with Crippen molar-refractivity contribution < 1.29 is 18.9 Å². The molecule has 0 fully saturated rings.